The zero-order valence-electron chi connectivity index (χ0n) is 8.71. The van der Waals surface area contributed by atoms with Crippen LogP contribution in [0.3, 0.4) is 0 Å². The van der Waals surface area contributed by atoms with Gasteiger partial charge in [0.05, 0.1) is 5.25 Å². The van der Waals surface area contributed by atoms with E-state index in [1.807, 2.05) is 0 Å². The van der Waals surface area contributed by atoms with Crippen LogP contribution in [0.15, 0.2) is 0 Å². The Morgan fingerprint density at radius 2 is 2.07 bits per heavy atom. The van der Waals surface area contributed by atoms with Gasteiger partial charge in [0.1, 0.15) is 0 Å². The number of hydrogen-bond donors (Lipinski definition) is 1. The van der Waals surface area contributed by atoms with Crippen molar-refractivity contribution in [3.05, 3.63) is 0 Å². The smallest absolute Gasteiger partial charge is 0.214 e. The van der Waals surface area contributed by atoms with E-state index in [2.05, 4.69) is 18.6 Å². The van der Waals surface area contributed by atoms with E-state index >= 15 is 0 Å². The van der Waals surface area contributed by atoms with Crippen LogP contribution >= 0.6 is 0 Å². The Balaban J connectivity index is 2.17. The molecule has 1 heterocycles. The van der Waals surface area contributed by atoms with Crippen LogP contribution in [0.2, 0.25) is 0 Å². The predicted molar refractivity (Wildman–Crippen MR) is 54.3 cm³/mol. The molecule has 3 aliphatic rings. The maximum absolute atomic E-state index is 11.8. The van der Waals surface area contributed by atoms with E-state index < -0.39 is 10.0 Å². The molecule has 0 amide bonds. The highest BCUT2D eigenvalue weighted by molar-refractivity contribution is 7.90. The summed E-state index contributed by atoms with van der Waals surface area (Å²) in [5.74, 6) is 0.629. The van der Waals surface area contributed by atoms with Crippen molar-refractivity contribution in [2.45, 2.75) is 38.4 Å². The van der Waals surface area contributed by atoms with Gasteiger partial charge in [-0.15, -0.1) is 0 Å². The molecule has 1 spiro atoms. The molecule has 3 rings (SSSR count). The average molecular weight is 215 g/mol. The molecule has 0 aromatic carbocycles. The summed E-state index contributed by atoms with van der Waals surface area (Å²) in [7, 11) is -2.99. The van der Waals surface area contributed by atoms with Crippen molar-refractivity contribution in [3.8, 4) is 0 Å². The summed E-state index contributed by atoms with van der Waals surface area (Å²) in [6.07, 6.45) is 3.21. The first kappa shape index (κ1) is 9.16. The van der Waals surface area contributed by atoms with E-state index in [-0.39, 0.29) is 16.1 Å². The van der Waals surface area contributed by atoms with Crippen molar-refractivity contribution in [1.82, 2.24) is 4.72 Å². The minimum absolute atomic E-state index is 0.0521. The van der Waals surface area contributed by atoms with Crippen LogP contribution < -0.4 is 4.72 Å². The standard InChI is InChI=1S/C10H17NO2S/c1-9(2)7-3-4-10(9)6-11-14(12,13)8(10)5-7/h7-8,11H,3-6H2,1-2H3/t7-,8+,10-/m1/s1. The lowest BCUT2D eigenvalue weighted by atomic mass is 9.69. The highest BCUT2D eigenvalue weighted by Crippen LogP contribution is 2.68. The number of rotatable bonds is 0. The van der Waals surface area contributed by atoms with E-state index in [1.54, 1.807) is 0 Å². The molecule has 3 nitrogen and oxygen atoms in total. The Morgan fingerprint density at radius 1 is 1.36 bits per heavy atom. The summed E-state index contributed by atoms with van der Waals surface area (Å²) in [4.78, 5) is 0. The molecule has 2 saturated carbocycles. The van der Waals surface area contributed by atoms with Gasteiger partial charge in [0.25, 0.3) is 0 Å². The second-order valence-electron chi connectivity index (χ2n) is 5.70. The minimum atomic E-state index is -2.99. The van der Waals surface area contributed by atoms with Gasteiger partial charge < -0.3 is 0 Å². The first-order valence-corrected chi connectivity index (χ1v) is 6.93. The summed E-state index contributed by atoms with van der Waals surface area (Å²) >= 11 is 0. The van der Waals surface area contributed by atoms with Crippen LogP contribution in [0.1, 0.15) is 33.1 Å². The van der Waals surface area contributed by atoms with E-state index in [9.17, 15) is 8.42 Å². The first-order valence-electron chi connectivity index (χ1n) is 5.39. The van der Waals surface area contributed by atoms with Gasteiger partial charge in [0.15, 0.2) is 0 Å². The number of nitrogens with one attached hydrogen (secondary N) is 1. The molecule has 2 bridgehead atoms. The zero-order chi connectivity index (χ0) is 10.2. The molecule has 0 aromatic heterocycles. The van der Waals surface area contributed by atoms with Gasteiger partial charge in [-0.2, -0.15) is 0 Å². The van der Waals surface area contributed by atoms with E-state index in [1.165, 1.54) is 6.42 Å². The molecule has 0 unspecified atom stereocenters. The molecular formula is C10H17NO2S. The fourth-order valence-corrected chi connectivity index (χ4v) is 6.42. The molecule has 0 aromatic rings. The monoisotopic (exact) mass is 215 g/mol. The summed E-state index contributed by atoms with van der Waals surface area (Å²) in [6.45, 7) is 5.20. The Labute approximate surface area is 85.3 Å². The largest absolute Gasteiger partial charge is 0.215 e. The molecule has 3 atom stereocenters. The van der Waals surface area contributed by atoms with Gasteiger partial charge in [-0.3, -0.25) is 0 Å². The van der Waals surface area contributed by atoms with Crippen molar-refractivity contribution >= 4 is 10.0 Å². The van der Waals surface area contributed by atoms with Crippen LogP contribution in [0.4, 0.5) is 0 Å². The van der Waals surface area contributed by atoms with Crippen molar-refractivity contribution in [2.75, 3.05) is 6.54 Å². The van der Waals surface area contributed by atoms with Crippen LogP contribution in [0.5, 0.6) is 0 Å². The third-order valence-corrected chi connectivity index (χ3v) is 7.26. The third kappa shape index (κ3) is 0.735. The minimum Gasteiger partial charge on any atom is -0.214 e. The summed E-state index contributed by atoms with van der Waals surface area (Å²) in [5, 5.41) is -0.0938. The molecule has 2 aliphatic carbocycles. The second-order valence-corrected chi connectivity index (χ2v) is 7.65. The van der Waals surface area contributed by atoms with Crippen LogP contribution in [0, 0.1) is 16.7 Å². The Morgan fingerprint density at radius 3 is 2.64 bits per heavy atom. The maximum Gasteiger partial charge on any atom is 0.215 e. The molecule has 14 heavy (non-hydrogen) atoms. The number of hydrogen-bond acceptors (Lipinski definition) is 2. The topological polar surface area (TPSA) is 46.2 Å². The summed E-state index contributed by atoms with van der Waals surface area (Å²) < 4.78 is 26.4. The number of fused-ring (bicyclic) bond motifs is 1. The zero-order valence-corrected chi connectivity index (χ0v) is 9.52. The molecule has 4 heteroatoms. The van der Waals surface area contributed by atoms with Gasteiger partial charge in [0.2, 0.25) is 10.0 Å². The maximum atomic E-state index is 11.8. The van der Waals surface area contributed by atoms with Crippen LogP contribution in [-0.4, -0.2) is 20.2 Å². The molecule has 1 N–H and O–H groups in total. The lowest BCUT2D eigenvalue weighted by Crippen LogP contribution is -2.38. The second kappa shape index (κ2) is 2.19. The summed E-state index contributed by atoms with van der Waals surface area (Å²) in [6, 6.07) is 0. The quantitative estimate of drug-likeness (QED) is 0.658. The van der Waals surface area contributed by atoms with Gasteiger partial charge >= 0.3 is 0 Å². The Hall–Kier alpha value is -0.0900. The van der Waals surface area contributed by atoms with Crippen molar-refractivity contribution in [2.24, 2.45) is 16.7 Å². The van der Waals surface area contributed by atoms with Gasteiger partial charge in [-0.1, -0.05) is 13.8 Å². The number of sulfonamides is 1. The molecule has 3 fully saturated rings. The van der Waals surface area contributed by atoms with Crippen molar-refractivity contribution in [1.29, 1.82) is 0 Å². The Kier molecular flexibility index (Phi) is 1.43. The van der Waals surface area contributed by atoms with Crippen LogP contribution in [0.25, 0.3) is 0 Å². The third-order valence-electron chi connectivity index (χ3n) is 5.32. The van der Waals surface area contributed by atoms with Crippen molar-refractivity contribution in [3.63, 3.8) is 0 Å². The van der Waals surface area contributed by atoms with E-state index in [4.69, 9.17) is 0 Å². The van der Waals surface area contributed by atoms with Gasteiger partial charge in [-0.25, -0.2) is 13.1 Å². The van der Waals surface area contributed by atoms with E-state index in [0.717, 1.165) is 12.8 Å². The van der Waals surface area contributed by atoms with Gasteiger partial charge in [0, 0.05) is 12.0 Å². The predicted octanol–water partition coefficient (Wildman–Crippen LogP) is 1.11. The fraction of sp³-hybridized carbons (Fsp3) is 1.00. The SMILES string of the molecule is CC1(C)[C@@H]2CC[C@]13CNS(=O)(=O)[C@H]3C2. The van der Waals surface area contributed by atoms with Gasteiger partial charge in [-0.05, 0) is 30.6 Å². The molecule has 1 saturated heterocycles. The van der Waals surface area contributed by atoms with Crippen LogP contribution in [-0.2, 0) is 10.0 Å². The molecule has 1 aliphatic heterocycles. The molecule has 80 valence electrons. The average Bonchev–Trinajstić information content (AvgIpc) is 2.60. The fourth-order valence-electron chi connectivity index (χ4n) is 4.18. The highest BCUT2D eigenvalue weighted by atomic mass is 32.2. The first-order chi connectivity index (χ1) is 6.40. The summed E-state index contributed by atoms with van der Waals surface area (Å²) in [5.41, 5.74) is 0.269. The Bertz CT molecular complexity index is 387. The molecule has 0 radical (unpaired) electrons. The lowest BCUT2D eigenvalue weighted by molar-refractivity contribution is 0.146. The lowest BCUT2D eigenvalue weighted by Gasteiger charge is -2.36. The van der Waals surface area contributed by atoms with Crippen molar-refractivity contribution < 1.29 is 8.42 Å². The molecular weight excluding hydrogens is 198 g/mol. The normalized spacial score (nSPS) is 52.1. The van der Waals surface area contributed by atoms with E-state index in [0.29, 0.717) is 12.5 Å². The highest BCUT2D eigenvalue weighted by Gasteiger charge is 2.70.